The zero-order valence-electron chi connectivity index (χ0n) is 16.2. The molecule has 1 aliphatic heterocycles. The number of hydrogen-bond acceptors (Lipinski definition) is 7. The van der Waals surface area contributed by atoms with E-state index in [9.17, 15) is 4.79 Å². The summed E-state index contributed by atoms with van der Waals surface area (Å²) >= 11 is 3.72. The van der Waals surface area contributed by atoms with Crippen LogP contribution in [0.1, 0.15) is 18.9 Å². The minimum absolute atomic E-state index is 0.288. The molecule has 1 heterocycles. The number of hydrogen-bond donors (Lipinski definition) is 0. The van der Waals surface area contributed by atoms with Crippen LogP contribution in [-0.4, -0.2) is 45.4 Å². The highest BCUT2D eigenvalue weighted by Gasteiger charge is 2.35. The Kier molecular flexibility index (Phi) is 8.44. The van der Waals surface area contributed by atoms with Crippen molar-refractivity contribution in [1.82, 2.24) is 0 Å². The Hall–Kier alpha value is -1.73. The number of esters is 1. The Balaban J connectivity index is 2.39. The molecule has 1 aromatic rings. The highest BCUT2D eigenvalue weighted by atomic mass is 32.2. The maximum absolute atomic E-state index is 11.5. The summed E-state index contributed by atoms with van der Waals surface area (Å²) < 4.78 is 21.1. The van der Waals surface area contributed by atoms with E-state index in [2.05, 4.69) is 6.08 Å². The van der Waals surface area contributed by atoms with Crippen LogP contribution >= 0.6 is 23.5 Å². The van der Waals surface area contributed by atoms with Crippen molar-refractivity contribution < 1.29 is 23.7 Å². The summed E-state index contributed by atoms with van der Waals surface area (Å²) in [7, 11) is 4.83. The van der Waals surface area contributed by atoms with Crippen LogP contribution < -0.4 is 14.2 Å². The standard InChI is InChI=1S/C20H26O5S2/c1-5-25-18(21)9-6-7-10-20(26-11-8-12-27-20)15-13-16(22-2)19(24-4)17(14-15)23-3/h6-7,9-10,13-14H,5,8,11-12H2,1-4H3/b9-6+,10-7+. The lowest BCUT2D eigenvalue weighted by molar-refractivity contribution is -0.137. The lowest BCUT2D eigenvalue weighted by atomic mass is 10.1. The number of ether oxygens (including phenoxy) is 4. The summed E-state index contributed by atoms with van der Waals surface area (Å²) in [5.41, 5.74) is 1.06. The topological polar surface area (TPSA) is 54.0 Å². The van der Waals surface area contributed by atoms with Gasteiger partial charge in [0.05, 0.1) is 27.9 Å². The summed E-state index contributed by atoms with van der Waals surface area (Å²) in [5.74, 6) is 3.61. The van der Waals surface area contributed by atoms with Gasteiger partial charge in [-0.2, -0.15) is 0 Å². The van der Waals surface area contributed by atoms with Gasteiger partial charge in [0.15, 0.2) is 11.5 Å². The van der Waals surface area contributed by atoms with Gasteiger partial charge in [-0.3, -0.25) is 0 Å². The third-order valence-electron chi connectivity index (χ3n) is 3.93. The highest BCUT2D eigenvalue weighted by molar-refractivity contribution is 8.18. The van der Waals surface area contributed by atoms with E-state index < -0.39 is 0 Å². The molecule has 0 saturated carbocycles. The van der Waals surface area contributed by atoms with Crippen molar-refractivity contribution in [3.05, 3.63) is 42.0 Å². The molecule has 0 N–H and O–H groups in total. The molecule has 27 heavy (non-hydrogen) atoms. The van der Waals surface area contributed by atoms with E-state index in [1.807, 2.05) is 41.7 Å². The number of allylic oxidation sites excluding steroid dienone is 2. The summed E-state index contributed by atoms with van der Waals surface area (Å²) in [4.78, 5) is 11.5. The van der Waals surface area contributed by atoms with Gasteiger partial charge in [0.25, 0.3) is 0 Å². The molecule has 1 fully saturated rings. The lowest BCUT2D eigenvalue weighted by Crippen LogP contribution is -2.20. The Morgan fingerprint density at radius 3 is 2.22 bits per heavy atom. The molecular weight excluding hydrogens is 384 g/mol. The van der Waals surface area contributed by atoms with Crippen molar-refractivity contribution in [2.75, 3.05) is 39.4 Å². The quantitative estimate of drug-likeness (QED) is 0.357. The molecule has 0 spiro atoms. The molecule has 7 heteroatoms. The van der Waals surface area contributed by atoms with Gasteiger partial charge in [-0.15, -0.1) is 23.5 Å². The van der Waals surface area contributed by atoms with Gasteiger partial charge < -0.3 is 18.9 Å². The molecule has 0 radical (unpaired) electrons. The number of benzene rings is 1. The molecule has 0 aromatic heterocycles. The average Bonchev–Trinajstić information content (AvgIpc) is 2.71. The average molecular weight is 411 g/mol. The van der Waals surface area contributed by atoms with E-state index in [1.165, 1.54) is 6.08 Å². The van der Waals surface area contributed by atoms with Crippen molar-refractivity contribution in [3.8, 4) is 17.2 Å². The van der Waals surface area contributed by atoms with E-state index >= 15 is 0 Å². The molecule has 0 bridgehead atoms. The van der Waals surface area contributed by atoms with Crippen LogP contribution in [0.25, 0.3) is 0 Å². The van der Waals surface area contributed by atoms with Crippen molar-refractivity contribution in [2.24, 2.45) is 0 Å². The van der Waals surface area contributed by atoms with E-state index in [0.717, 1.165) is 23.5 Å². The predicted octanol–water partition coefficient (Wildman–Crippen LogP) is 4.41. The minimum atomic E-state index is -0.340. The van der Waals surface area contributed by atoms with Gasteiger partial charge in [0.2, 0.25) is 5.75 Å². The summed E-state index contributed by atoms with van der Waals surface area (Å²) in [6.07, 6.45) is 8.31. The first-order chi connectivity index (χ1) is 13.1. The van der Waals surface area contributed by atoms with Crippen molar-refractivity contribution >= 4 is 29.5 Å². The summed E-state index contributed by atoms with van der Waals surface area (Å²) in [6, 6.07) is 3.98. The Morgan fingerprint density at radius 2 is 1.70 bits per heavy atom. The summed E-state index contributed by atoms with van der Waals surface area (Å²) in [6.45, 7) is 2.16. The molecular formula is C20H26O5S2. The molecule has 1 saturated heterocycles. The maximum Gasteiger partial charge on any atom is 0.330 e. The lowest BCUT2D eigenvalue weighted by Gasteiger charge is -2.34. The third kappa shape index (κ3) is 5.39. The van der Waals surface area contributed by atoms with Crippen LogP contribution in [0, 0.1) is 0 Å². The number of carbonyl (C=O) groups is 1. The first kappa shape index (κ1) is 21.6. The fraction of sp³-hybridized carbons (Fsp3) is 0.450. The second-order valence-electron chi connectivity index (χ2n) is 5.60. The zero-order chi connectivity index (χ0) is 19.7. The first-order valence-electron chi connectivity index (χ1n) is 8.71. The van der Waals surface area contributed by atoms with Crippen LogP contribution in [0.2, 0.25) is 0 Å². The van der Waals surface area contributed by atoms with E-state index in [0.29, 0.717) is 23.9 Å². The van der Waals surface area contributed by atoms with Crippen LogP contribution in [-0.2, 0) is 13.6 Å². The Morgan fingerprint density at radius 1 is 1.07 bits per heavy atom. The smallest absolute Gasteiger partial charge is 0.330 e. The maximum atomic E-state index is 11.5. The number of carbonyl (C=O) groups excluding carboxylic acids is 1. The molecule has 2 rings (SSSR count). The van der Waals surface area contributed by atoms with Crippen molar-refractivity contribution in [2.45, 2.75) is 17.4 Å². The fourth-order valence-corrected chi connectivity index (χ4v) is 5.81. The number of rotatable bonds is 8. The van der Waals surface area contributed by atoms with E-state index in [1.54, 1.807) is 34.3 Å². The van der Waals surface area contributed by atoms with Crippen molar-refractivity contribution in [1.29, 1.82) is 0 Å². The van der Waals surface area contributed by atoms with Crippen LogP contribution in [0.5, 0.6) is 17.2 Å². The molecule has 0 amide bonds. The molecule has 148 valence electrons. The monoisotopic (exact) mass is 410 g/mol. The SMILES string of the molecule is CCOC(=O)/C=C/C=C/C1(c2cc(OC)c(OC)c(OC)c2)SCCCS1. The van der Waals surface area contributed by atoms with Crippen LogP contribution in [0.15, 0.2) is 36.4 Å². The third-order valence-corrected chi connectivity index (χ3v) is 7.23. The zero-order valence-corrected chi connectivity index (χ0v) is 17.8. The molecule has 0 aliphatic carbocycles. The molecule has 1 aliphatic rings. The second kappa shape index (κ2) is 10.6. The number of thioether (sulfide) groups is 2. The second-order valence-corrected chi connectivity index (χ2v) is 8.54. The van der Waals surface area contributed by atoms with Crippen LogP contribution in [0.3, 0.4) is 0 Å². The predicted molar refractivity (Wildman–Crippen MR) is 112 cm³/mol. The van der Waals surface area contributed by atoms with Crippen molar-refractivity contribution in [3.63, 3.8) is 0 Å². The molecule has 0 atom stereocenters. The van der Waals surface area contributed by atoms with Gasteiger partial charge in [0.1, 0.15) is 4.08 Å². The molecule has 1 aromatic carbocycles. The molecule has 0 unspecified atom stereocenters. The Labute approximate surface area is 169 Å². The van der Waals surface area contributed by atoms with Gasteiger partial charge in [-0.1, -0.05) is 18.2 Å². The van der Waals surface area contributed by atoms with Gasteiger partial charge >= 0.3 is 5.97 Å². The largest absolute Gasteiger partial charge is 0.493 e. The van der Waals surface area contributed by atoms with E-state index in [4.69, 9.17) is 18.9 Å². The normalized spacial score (nSPS) is 16.4. The Bertz CT molecular complexity index is 669. The fourth-order valence-electron chi connectivity index (χ4n) is 2.70. The first-order valence-corrected chi connectivity index (χ1v) is 10.7. The van der Waals surface area contributed by atoms with Gasteiger partial charge in [-0.25, -0.2) is 4.79 Å². The number of methoxy groups -OCH3 is 3. The summed E-state index contributed by atoms with van der Waals surface area (Å²) in [5, 5.41) is 0. The van der Waals surface area contributed by atoms with Gasteiger partial charge in [0, 0.05) is 6.08 Å². The minimum Gasteiger partial charge on any atom is -0.493 e. The molecule has 5 nitrogen and oxygen atoms in total. The van der Waals surface area contributed by atoms with E-state index in [-0.39, 0.29) is 10.0 Å². The highest BCUT2D eigenvalue weighted by Crippen LogP contribution is 2.54. The van der Waals surface area contributed by atoms with Crippen LogP contribution in [0.4, 0.5) is 0 Å². The van der Waals surface area contributed by atoms with Gasteiger partial charge in [-0.05, 0) is 42.5 Å².